The van der Waals surface area contributed by atoms with E-state index >= 15 is 0 Å². The summed E-state index contributed by atoms with van der Waals surface area (Å²) in [4.78, 5) is 16.4. The van der Waals surface area contributed by atoms with Gasteiger partial charge in [-0.3, -0.25) is 9.69 Å². The van der Waals surface area contributed by atoms with E-state index in [0.29, 0.717) is 12.5 Å². The van der Waals surface area contributed by atoms with Crippen molar-refractivity contribution >= 4 is 5.91 Å². The van der Waals surface area contributed by atoms with Crippen molar-refractivity contribution in [2.75, 3.05) is 33.2 Å². The van der Waals surface area contributed by atoms with Crippen LogP contribution in [0.4, 0.5) is 0 Å². The molecule has 1 unspecified atom stereocenters. The molecule has 4 nitrogen and oxygen atoms in total. The predicted octanol–water partition coefficient (Wildman–Crippen LogP) is 1.16. The average molecular weight is 255 g/mol. The maximum absolute atomic E-state index is 12.3. The molecule has 1 fully saturated rings. The maximum Gasteiger partial charge on any atom is 0.240 e. The van der Waals surface area contributed by atoms with Gasteiger partial charge in [-0.15, -0.1) is 0 Å². The fraction of sp³-hybridized carbons (Fsp3) is 0.929. The summed E-state index contributed by atoms with van der Waals surface area (Å²) < 4.78 is 0. The SMILES string of the molecule is CC(C)CCN1CC(C)(C)CN(C)C(=O)C1CN. The summed E-state index contributed by atoms with van der Waals surface area (Å²) in [5.41, 5.74) is 5.95. The van der Waals surface area contributed by atoms with Crippen molar-refractivity contribution in [3.05, 3.63) is 0 Å². The number of rotatable bonds is 4. The van der Waals surface area contributed by atoms with Crippen molar-refractivity contribution < 1.29 is 4.79 Å². The topological polar surface area (TPSA) is 49.6 Å². The van der Waals surface area contributed by atoms with Gasteiger partial charge in [0.1, 0.15) is 6.04 Å². The van der Waals surface area contributed by atoms with Crippen molar-refractivity contribution in [3.8, 4) is 0 Å². The lowest BCUT2D eigenvalue weighted by Crippen LogP contribution is -2.49. The van der Waals surface area contributed by atoms with Crippen LogP contribution < -0.4 is 5.73 Å². The second-order valence-corrected chi connectivity index (χ2v) is 6.76. The molecule has 0 aromatic heterocycles. The smallest absolute Gasteiger partial charge is 0.240 e. The highest BCUT2D eigenvalue weighted by Gasteiger charge is 2.37. The normalized spacial score (nSPS) is 25.6. The first-order chi connectivity index (χ1) is 8.26. The molecule has 2 N–H and O–H groups in total. The molecule has 1 saturated heterocycles. The third kappa shape index (κ3) is 3.95. The number of likely N-dealkylation sites (N-methyl/N-ethyl adjacent to an activating group) is 1. The zero-order valence-corrected chi connectivity index (χ0v) is 12.6. The number of carbonyl (C=O) groups excluding carboxylic acids is 1. The molecule has 1 rings (SSSR count). The van der Waals surface area contributed by atoms with Crippen molar-refractivity contribution in [3.63, 3.8) is 0 Å². The molecule has 106 valence electrons. The van der Waals surface area contributed by atoms with Gasteiger partial charge < -0.3 is 10.6 Å². The molecule has 18 heavy (non-hydrogen) atoms. The van der Waals surface area contributed by atoms with Gasteiger partial charge in [0.15, 0.2) is 0 Å². The van der Waals surface area contributed by atoms with Gasteiger partial charge in [-0.05, 0) is 24.3 Å². The standard InChI is InChI=1S/C14H29N3O/c1-11(2)6-7-17-10-14(3,4)9-16(5)13(18)12(17)8-15/h11-12H,6-10,15H2,1-5H3. The predicted molar refractivity (Wildman–Crippen MR) is 75.3 cm³/mol. The van der Waals surface area contributed by atoms with Gasteiger partial charge in [0, 0.05) is 26.7 Å². The van der Waals surface area contributed by atoms with Crippen LogP contribution in [0.2, 0.25) is 0 Å². The molecule has 0 aliphatic carbocycles. The molecule has 0 aromatic rings. The summed E-state index contributed by atoms with van der Waals surface area (Å²) >= 11 is 0. The van der Waals surface area contributed by atoms with E-state index < -0.39 is 0 Å². The summed E-state index contributed by atoms with van der Waals surface area (Å²) in [6.07, 6.45) is 1.11. The molecule has 0 saturated carbocycles. The number of amides is 1. The Morgan fingerprint density at radius 1 is 1.39 bits per heavy atom. The quantitative estimate of drug-likeness (QED) is 0.820. The van der Waals surface area contributed by atoms with Crippen LogP contribution in [0, 0.1) is 11.3 Å². The van der Waals surface area contributed by atoms with Crippen molar-refractivity contribution in [1.82, 2.24) is 9.80 Å². The molecule has 1 heterocycles. The zero-order chi connectivity index (χ0) is 13.9. The molecular weight excluding hydrogens is 226 g/mol. The first-order valence-corrected chi connectivity index (χ1v) is 6.96. The van der Waals surface area contributed by atoms with E-state index in [4.69, 9.17) is 5.73 Å². The van der Waals surface area contributed by atoms with E-state index in [0.717, 1.165) is 26.1 Å². The Labute approximate surface area is 111 Å². The third-order valence-corrected chi connectivity index (χ3v) is 3.62. The lowest BCUT2D eigenvalue weighted by Gasteiger charge is -2.32. The lowest BCUT2D eigenvalue weighted by molar-refractivity contribution is -0.134. The monoisotopic (exact) mass is 255 g/mol. The van der Waals surface area contributed by atoms with Crippen LogP contribution in [-0.4, -0.2) is 55.0 Å². The Hall–Kier alpha value is -0.610. The molecule has 1 amide bonds. The largest absolute Gasteiger partial charge is 0.344 e. The minimum Gasteiger partial charge on any atom is -0.344 e. The van der Waals surface area contributed by atoms with Crippen LogP contribution in [0.25, 0.3) is 0 Å². The molecule has 0 bridgehead atoms. The van der Waals surface area contributed by atoms with Gasteiger partial charge in [-0.2, -0.15) is 0 Å². The molecule has 0 aromatic carbocycles. The summed E-state index contributed by atoms with van der Waals surface area (Å²) in [7, 11) is 1.89. The number of hydrogen-bond acceptors (Lipinski definition) is 3. The van der Waals surface area contributed by atoms with Gasteiger partial charge >= 0.3 is 0 Å². The summed E-state index contributed by atoms with van der Waals surface area (Å²) in [5.74, 6) is 0.828. The van der Waals surface area contributed by atoms with Gasteiger partial charge in [0.05, 0.1) is 0 Å². The lowest BCUT2D eigenvalue weighted by atomic mass is 9.92. The second-order valence-electron chi connectivity index (χ2n) is 6.76. The molecule has 1 aliphatic rings. The maximum atomic E-state index is 12.3. The van der Waals surface area contributed by atoms with Gasteiger partial charge in [0.25, 0.3) is 0 Å². The fourth-order valence-corrected chi connectivity index (χ4v) is 2.75. The highest BCUT2D eigenvalue weighted by Crippen LogP contribution is 2.24. The van der Waals surface area contributed by atoms with Gasteiger partial charge in [-0.25, -0.2) is 0 Å². The van der Waals surface area contributed by atoms with E-state index in [9.17, 15) is 4.79 Å². The van der Waals surface area contributed by atoms with E-state index in [2.05, 4.69) is 32.6 Å². The highest BCUT2D eigenvalue weighted by molar-refractivity contribution is 5.82. The number of carbonyl (C=O) groups is 1. The number of nitrogens with zero attached hydrogens (tertiary/aromatic N) is 2. The van der Waals surface area contributed by atoms with E-state index in [1.807, 2.05) is 11.9 Å². The zero-order valence-electron chi connectivity index (χ0n) is 12.6. The van der Waals surface area contributed by atoms with E-state index in [1.165, 1.54) is 0 Å². The summed E-state index contributed by atoms with van der Waals surface area (Å²) in [6, 6.07) is -0.143. The van der Waals surface area contributed by atoms with Crippen LogP contribution in [0.1, 0.15) is 34.1 Å². The summed E-state index contributed by atoms with van der Waals surface area (Å²) in [6.45, 7) is 12.0. The molecular formula is C14H29N3O. The Morgan fingerprint density at radius 3 is 2.50 bits per heavy atom. The van der Waals surface area contributed by atoms with Gasteiger partial charge in [0.2, 0.25) is 5.91 Å². The summed E-state index contributed by atoms with van der Waals surface area (Å²) in [5, 5.41) is 0. The molecule has 4 heteroatoms. The molecule has 1 aliphatic heterocycles. The Morgan fingerprint density at radius 2 is 2.00 bits per heavy atom. The van der Waals surface area contributed by atoms with E-state index in [-0.39, 0.29) is 17.4 Å². The minimum absolute atomic E-state index is 0.130. The fourth-order valence-electron chi connectivity index (χ4n) is 2.75. The second kappa shape index (κ2) is 6.02. The van der Waals surface area contributed by atoms with Gasteiger partial charge in [-0.1, -0.05) is 27.7 Å². The van der Waals surface area contributed by atoms with Crippen LogP contribution in [0.3, 0.4) is 0 Å². The molecule has 0 spiro atoms. The van der Waals surface area contributed by atoms with Crippen molar-refractivity contribution in [2.24, 2.45) is 17.1 Å². The third-order valence-electron chi connectivity index (χ3n) is 3.62. The van der Waals surface area contributed by atoms with E-state index in [1.54, 1.807) is 0 Å². The first-order valence-electron chi connectivity index (χ1n) is 6.96. The van der Waals surface area contributed by atoms with Crippen LogP contribution in [-0.2, 0) is 4.79 Å². The van der Waals surface area contributed by atoms with Crippen LogP contribution in [0.15, 0.2) is 0 Å². The number of nitrogens with two attached hydrogens (primary N) is 1. The van der Waals surface area contributed by atoms with Crippen LogP contribution >= 0.6 is 0 Å². The first kappa shape index (κ1) is 15.4. The minimum atomic E-state index is -0.143. The highest BCUT2D eigenvalue weighted by atomic mass is 16.2. The Balaban J connectivity index is 2.84. The Bertz CT molecular complexity index is 289. The van der Waals surface area contributed by atoms with Crippen molar-refractivity contribution in [1.29, 1.82) is 0 Å². The molecule has 1 atom stereocenters. The number of hydrogen-bond donors (Lipinski definition) is 1. The van der Waals surface area contributed by atoms with Crippen molar-refractivity contribution in [2.45, 2.75) is 40.2 Å². The van der Waals surface area contributed by atoms with Crippen LogP contribution in [0.5, 0.6) is 0 Å². The molecule has 0 radical (unpaired) electrons. The average Bonchev–Trinajstić information content (AvgIpc) is 2.32. The Kier molecular flexibility index (Phi) is 5.17.